The Morgan fingerprint density at radius 1 is 1.67 bits per heavy atom. The lowest BCUT2D eigenvalue weighted by molar-refractivity contribution is 0.164. The highest BCUT2D eigenvalue weighted by Crippen LogP contribution is 2.32. The molecule has 2 N–H and O–H groups in total. The summed E-state index contributed by atoms with van der Waals surface area (Å²) in [6.07, 6.45) is 4.35. The monoisotopic (exact) mass is 315 g/mol. The SMILES string of the molecule is CCCn1ncc(NCC(O)C2CC2)c(Br)c1=O. The molecule has 0 aromatic carbocycles. The Balaban J connectivity index is 2.04. The van der Waals surface area contributed by atoms with Gasteiger partial charge in [-0.15, -0.1) is 0 Å². The van der Waals surface area contributed by atoms with E-state index in [1.54, 1.807) is 6.20 Å². The van der Waals surface area contributed by atoms with Gasteiger partial charge in [0, 0.05) is 13.1 Å². The van der Waals surface area contributed by atoms with Crippen LogP contribution in [0.15, 0.2) is 15.5 Å². The Hall–Kier alpha value is -0.880. The van der Waals surface area contributed by atoms with Crippen LogP contribution in [0.1, 0.15) is 26.2 Å². The van der Waals surface area contributed by atoms with Gasteiger partial charge in [-0.05, 0) is 41.1 Å². The lowest BCUT2D eigenvalue weighted by Gasteiger charge is -2.13. The predicted octanol–water partition coefficient (Wildman–Crippen LogP) is 1.60. The van der Waals surface area contributed by atoms with Gasteiger partial charge >= 0.3 is 0 Å². The fourth-order valence-corrected chi connectivity index (χ4v) is 2.27. The summed E-state index contributed by atoms with van der Waals surface area (Å²) in [7, 11) is 0. The van der Waals surface area contributed by atoms with Gasteiger partial charge < -0.3 is 10.4 Å². The van der Waals surface area contributed by atoms with Crippen molar-refractivity contribution >= 4 is 21.6 Å². The van der Waals surface area contributed by atoms with Gasteiger partial charge in [-0.3, -0.25) is 4.79 Å². The van der Waals surface area contributed by atoms with Gasteiger partial charge in [0.2, 0.25) is 0 Å². The van der Waals surface area contributed by atoms with E-state index in [0.717, 1.165) is 19.3 Å². The number of hydrogen-bond donors (Lipinski definition) is 2. The van der Waals surface area contributed by atoms with Crippen LogP contribution < -0.4 is 10.9 Å². The van der Waals surface area contributed by atoms with Crippen molar-refractivity contribution in [3.63, 3.8) is 0 Å². The first-order valence-corrected chi connectivity index (χ1v) is 7.10. The number of halogens is 1. The molecule has 1 aromatic rings. The number of rotatable bonds is 6. The minimum absolute atomic E-state index is 0.136. The minimum atomic E-state index is -0.338. The number of aliphatic hydroxyl groups excluding tert-OH is 1. The van der Waals surface area contributed by atoms with E-state index in [1.165, 1.54) is 4.68 Å². The van der Waals surface area contributed by atoms with Crippen LogP contribution in [-0.4, -0.2) is 27.5 Å². The summed E-state index contributed by atoms with van der Waals surface area (Å²) in [6.45, 7) is 3.07. The topological polar surface area (TPSA) is 67.2 Å². The van der Waals surface area contributed by atoms with E-state index in [1.807, 2.05) is 6.92 Å². The second-order valence-corrected chi connectivity index (χ2v) is 5.48. The van der Waals surface area contributed by atoms with Crippen molar-refractivity contribution in [3.05, 3.63) is 21.0 Å². The highest BCUT2D eigenvalue weighted by atomic mass is 79.9. The molecular weight excluding hydrogens is 298 g/mol. The van der Waals surface area contributed by atoms with Crippen LogP contribution in [0.2, 0.25) is 0 Å². The van der Waals surface area contributed by atoms with E-state index in [9.17, 15) is 9.90 Å². The lowest BCUT2D eigenvalue weighted by atomic mass is 10.2. The van der Waals surface area contributed by atoms with Crippen molar-refractivity contribution in [1.29, 1.82) is 0 Å². The Morgan fingerprint density at radius 3 is 3.00 bits per heavy atom. The first-order valence-electron chi connectivity index (χ1n) is 6.31. The number of aromatic nitrogens is 2. The molecule has 0 aliphatic heterocycles. The van der Waals surface area contributed by atoms with E-state index in [4.69, 9.17) is 0 Å². The summed E-state index contributed by atoms with van der Waals surface area (Å²) in [5, 5.41) is 16.9. The summed E-state index contributed by atoms with van der Waals surface area (Å²) in [5.41, 5.74) is 0.509. The highest BCUT2D eigenvalue weighted by Gasteiger charge is 2.29. The minimum Gasteiger partial charge on any atom is -0.391 e. The molecule has 0 amide bonds. The average molecular weight is 316 g/mol. The second-order valence-electron chi connectivity index (χ2n) is 4.69. The summed E-state index contributed by atoms with van der Waals surface area (Å²) in [6, 6.07) is 0. The van der Waals surface area contributed by atoms with Gasteiger partial charge in [-0.1, -0.05) is 6.92 Å². The fourth-order valence-electron chi connectivity index (χ4n) is 1.82. The Labute approximate surface area is 114 Å². The lowest BCUT2D eigenvalue weighted by Crippen LogP contribution is -2.26. The van der Waals surface area contributed by atoms with Gasteiger partial charge in [0.15, 0.2) is 0 Å². The van der Waals surface area contributed by atoms with E-state index >= 15 is 0 Å². The number of anilines is 1. The van der Waals surface area contributed by atoms with Crippen LogP contribution in [0.4, 0.5) is 5.69 Å². The third kappa shape index (κ3) is 3.11. The van der Waals surface area contributed by atoms with Crippen LogP contribution in [0.3, 0.4) is 0 Å². The summed E-state index contributed by atoms with van der Waals surface area (Å²) in [4.78, 5) is 11.9. The molecule has 0 spiro atoms. The maximum Gasteiger partial charge on any atom is 0.283 e. The molecule has 1 heterocycles. The maximum absolute atomic E-state index is 11.9. The first kappa shape index (κ1) is 13.5. The Bertz CT molecular complexity index is 471. The van der Waals surface area contributed by atoms with Gasteiger partial charge in [0.25, 0.3) is 5.56 Å². The summed E-state index contributed by atoms with van der Waals surface area (Å²) < 4.78 is 1.92. The molecule has 0 radical (unpaired) electrons. The van der Waals surface area contributed by atoms with E-state index in [-0.39, 0.29) is 11.7 Å². The standard InChI is InChI=1S/C12H18BrN3O2/c1-2-5-16-12(18)11(13)9(6-15-16)14-7-10(17)8-3-4-8/h6,8,10,14,17H,2-5,7H2,1H3. The zero-order valence-corrected chi connectivity index (χ0v) is 12.0. The van der Waals surface area contributed by atoms with E-state index < -0.39 is 0 Å². The zero-order valence-electron chi connectivity index (χ0n) is 10.4. The smallest absolute Gasteiger partial charge is 0.283 e. The molecule has 0 saturated heterocycles. The van der Waals surface area contributed by atoms with Crippen molar-refractivity contribution < 1.29 is 5.11 Å². The molecule has 1 aliphatic rings. The summed E-state index contributed by atoms with van der Waals surface area (Å²) in [5.74, 6) is 0.421. The third-order valence-electron chi connectivity index (χ3n) is 3.09. The molecule has 100 valence electrons. The maximum atomic E-state index is 11.9. The molecule has 0 bridgehead atoms. The van der Waals surface area contributed by atoms with Gasteiger partial charge in [0.05, 0.1) is 18.0 Å². The number of hydrogen-bond acceptors (Lipinski definition) is 4. The number of nitrogens with zero attached hydrogens (tertiary/aromatic N) is 2. The van der Waals surface area contributed by atoms with Gasteiger partial charge in [0.1, 0.15) is 4.47 Å². The fraction of sp³-hybridized carbons (Fsp3) is 0.667. The normalized spacial score (nSPS) is 16.6. The molecule has 1 aliphatic carbocycles. The molecule has 1 fully saturated rings. The second kappa shape index (κ2) is 5.84. The highest BCUT2D eigenvalue weighted by molar-refractivity contribution is 9.10. The van der Waals surface area contributed by atoms with Gasteiger partial charge in [-0.2, -0.15) is 5.10 Å². The molecular formula is C12H18BrN3O2. The van der Waals surface area contributed by atoms with Crippen LogP contribution in [0, 0.1) is 5.92 Å². The van der Waals surface area contributed by atoms with E-state index in [2.05, 4.69) is 26.3 Å². The number of aryl methyl sites for hydroxylation is 1. The van der Waals surface area contributed by atoms with Crippen molar-refractivity contribution in [2.75, 3.05) is 11.9 Å². The molecule has 18 heavy (non-hydrogen) atoms. The van der Waals surface area contributed by atoms with Crippen molar-refractivity contribution in [2.24, 2.45) is 5.92 Å². The van der Waals surface area contributed by atoms with Crippen LogP contribution >= 0.6 is 15.9 Å². The average Bonchev–Trinajstić information content (AvgIpc) is 3.18. The molecule has 1 saturated carbocycles. The summed E-state index contributed by atoms with van der Waals surface area (Å²) >= 11 is 3.29. The van der Waals surface area contributed by atoms with Gasteiger partial charge in [-0.25, -0.2) is 4.68 Å². The van der Waals surface area contributed by atoms with Crippen LogP contribution in [-0.2, 0) is 6.54 Å². The molecule has 2 rings (SSSR count). The zero-order chi connectivity index (χ0) is 13.1. The molecule has 6 heteroatoms. The van der Waals surface area contributed by atoms with Crippen molar-refractivity contribution in [2.45, 2.75) is 38.8 Å². The van der Waals surface area contributed by atoms with Crippen LogP contribution in [0.5, 0.6) is 0 Å². The van der Waals surface area contributed by atoms with Crippen molar-refractivity contribution in [3.8, 4) is 0 Å². The Morgan fingerprint density at radius 2 is 2.39 bits per heavy atom. The molecule has 5 nitrogen and oxygen atoms in total. The molecule has 1 aromatic heterocycles. The van der Waals surface area contributed by atoms with E-state index in [0.29, 0.717) is 29.2 Å². The third-order valence-corrected chi connectivity index (χ3v) is 3.85. The van der Waals surface area contributed by atoms with Crippen LogP contribution in [0.25, 0.3) is 0 Å². The largest absolute Gasteiger partial charge is 0.391 e. The Kier molecular flexibility index (Phi) is 4.40. The quantitative estimate of drug-likeness (QED) is 0.836. The van der Waals surface area contributed by atoms with Crippen molar-refractivity contribution in [1.82, 2.24) is 9.78 Å². The first-order chi connectivity index (χ1) is 8.63. The molecule has 1 unspecified atom stereocenters. The molecule has 1 atom stereocenters. The predicted molar refractivity (Wildman–Crippen MR) is 73.7 cm³/mol. The number of nitrogens with one attached hydrogen (secondary N) is 1. The number of aliphatic hydroxyl groups is 1.